The van der Waals surface area contributed by atoms with Gasteiger partial charge in [0.05, 0.1) is 27.7 Å². The second-order valence-electron chi connectivity index (χ2n) is 12.3. The van der Waals surface area contributed by atoms with Crippen LogP contribution in [0.2, 0.25) is 0 Å². The van der Waals surface area contributed by atoms with Gasteiger partial charge in [-0.1, -0.05) is 117 Å². The van der Waals surface area contributed by atoms with E-state index in [0.717, 1.165) is 25.7 Å². The number of carbonyl (C=O) groups excluding carboxylic acids is 1. The number of ether oxygens (including phenoxy) is 1. The highest BCUT2D eigenvalue weighted by Gasteiger charge is 2.49. The van der Waals surface area contributed by atoms with E-state index in [1.54, 1.807) is 0 Å². The zero-order valence-electron chi connectivity index (χ0n) is 25.8. The molecule has 0 aromatic heterocycles. The third kappa shape index (κ3) is 19.6. The van der Waals surface area contributed by atoms with Crippen molar-refractivity contribution in [2.75, 3.05) is 27.7 Å². The van der Waals surface area contributed by atoms with Crippen molar-refractivity contribution in [3.63, 3.8) is 0 Å². The van der Waals surface area contributed by atoms with Gasteiger partial charge in [-0.05, 0) is 12.8 Å². The zero-order valence-corrected chi connectivity index (χ0v) is 26.7. The molecule has 8 heteroatoms. The van der Waals surface area contributed by atoms with E-state index >= 15 is 0 Å². The molecule has 228 valence electrons. The van der Waals surface area contributed by atoms with Crippen molar-refractivity contribution < 1.29 is 32.9 Å². The number of quaternary nitrogens is 1. The van der Waals surface area contributed by atoms with Gasteiger partial charge in [0.2, 0.25) is 5.72 Å². The molecule has 0 aliphatic rings. The Bertz CT molecular complexity index is 633. The second-order valence-corrected chi connectivity index (χ2v) is 13.4. The van der Waals surface area contributed by atoms with Crippen molar-refractivity contribution in [2.24, 2.45) is 5.92 Å². The molecule has 0 aromatic carbocycles. The smallest absolute Gasteiger partial charge is 0.466 e. The van der Waals surface area contributed by atoms with Crippen molar-refractivity contribution in [1.82, 2.24) is 0 Å². The Labute approximate surface area is 235 Å². The van der Waals surface area contributed by atoms with Crippen LogP contribution < -0.4 is 0 Å². The van der Waals surface area contributed by atoms with Crippen LogP contribution in [-0.2, 0) is 18.6 Å². The van der Waals surface area contributed by atoms with Crippen LogP contribution in [0.1, 0.15) is 149 Å². The van der Waals surface area contributed by atoms with Crippen LogP contribution in [0, 0.1) is 5.92 Å². The van der Waals surface area contributed by atoms with Crippen LogP contribution in [0.5, 0.6) is 0 Å². The van der Waals surface area contributed by atoms with E-state index in [-0.39, 0.29) is 23.0 Å². The zero-order chi connectivity index (χ0) is 28.9. The molecular weight excluding hydrogens is 501 g/mol. The predicted molar refractivity (Wildman–Crippen MR) is 158 cm³/mol. The third-order valence-electron chi connectivity index (χ3n) is 7.75. The maximum absolute atomic E-state index is 11.9. The lowest BCUT2D eigenvalue weighted by molar-refractivity contribution is -0.948. The molecule has 2 unspecified atom stereocenters. The van der Waals surface area contributed by atoms with Gasteiger partial charge in [0.25, 0.3) is 0 Å². The summed E-state index contributed by atoms with van der Waals surface area (Å²) in [6.45, 7) is 5.91. The van der Waals surface area contributed by atoms with E-state index < -0.39 is 13.5 Å². The number of hydrogen-bond donors (Lipinski definition) is 2. The van der Waals surface area contributed by atoms with Crippen LogP contribution >= 0.6 is 7.82 Å². The molecule has 2 N–H and O–H groups in total. The first-order chi connectivity index (χ1) is 17.9. The number of hydrogen-bond acceptors (Lipinski definition) is 4. The Hall–Kier alpha value is -0.460. The van der Waals surface area contributed by atoms with Crippen molar-refractivity contribution in [1.29, 1.82) is 0 Å². The molecule has 0 bridgehead atoms. The van der Waals surface area contributed by atoms with Crippen LogP contribution in [-0.4, -0.2) is 53.7 Å². The number of unbranched alkanes of at least 4 members (excludes halogenated alkanes) is 15. The molecule has 38 heavy (non-hydrogen) atoms. The average molecular weight is 565 g/mol. The normalized spacial score (nSPS) is 14.8. The van der Waals surface area contributed by atoms with E-state index in [0.29, 0.717) is 12.8 Å². The molecule has 0 fully saturated rings. The lowest BCUT2D eigenvalue weighted by Gasteiger charge is -2.46. The highest BCUT2D eigenvalue weighted by molar-refractivity contribution is 7.46. The largest absolute Gasteiger partial charge is 0.474 e. The summed E-state index contributed by atoms with van der Waals surface area (Å²) < 4.78 is 23.0. The molecule has 0 heterocycles. The summed E-state index contributed by atoms with van der Waals surface area (Å²) in [5.41, 5.74) is -1.05. The molecular formula is C30H63NO6P+. The van der Waals surface area contributed by atoms with Crippen molar-refractivity contribution in [3.8, 4) is 0 Å². The van der Waals surface area contributed by atoms with Gasteiger partial charge in [-0.2, -0.15) is 0 Å². The van der Waals surface area contributed by atoms with Crippen molar-refractivity contribution in [2.45, 2.75) is 155 Å². The maximum atomic E-state index is 11.9. The number of carbonyl (C=O) groups is 1. The van der Waals surface area contributed by atoms with Crippen LogP contribution in [0.3, 0.4) is 0 Å². The topological polar surface area (TPSA) is 93.1 Å². The Morgan fingerprint density at radius 3 is 1.53 bits per heavy atom. The second kappa shape index (κ2) is 21.3. The fourth-order valence-corrected chi connectivity index (χ4v) is 6.29. The molecule has 0 aliphatic heterocycles. The first-order valence-corrected chi connectivity index (χ1v) is 17.1. The lowest BCUT2D eigenvalue weighted by Crippen LogP contribution is -2.59. The number of phosphoric ester groups is 1. The predicted octanol–water partition coefficient (Wildman–Crippen LogP) is 8.52. The van der Waals surface area contributed by atoms with E-state index in [4.69, 9.17) is 9.26 Å². The highest BCUT2D eigenvalue weighted by atomic mass is 31.2. The highest BCUT2D eigenvalue weighted by Crippen LogP contribution is 2.48. The molecule has 7 nitrogen and oxygen atoms in total. The van der Waals surface area contributed by atoms with Gasteiger partial charge in [-0.25, -0.2) is 9.09 Å². The Kier molecular flexibility index (Phi) is 21.1. The van der Waals surface area contributed by atoms with Gasteiger partial charge in [-0.3, -0.25) is 4.79 Å². The molecule has 0 aromatic rings. The molecule has 2 atom stereocenters. The fourth-order valence-electron chi connectivity index (χ4n) is 5.44. The summed E-state index contributed by atoms with van der Waals surface area (Å²) in [5.74, 6) is -0.342. The lowest BCUT2D eigenvalue weighted by atomic mass is 9.88. The first kappa shape index (κ1) is 37.5. The van der Waals surface area contributed by atoms with Crippen LogP contribution in [0.4, 0.5) is 0 Å². The molecule has 0 radical (unpaired) electrons. The summed E-state index contributed by atoms with van der Waals surface area (Å²) in [7, 11) is 1.02. The SMILES string of the molecule is CCCCCCCCCCCCCCCCCCC(COC(C)=O)CC(CCC)(OP(=O)(O)O)[N+](C)(C)C. The number of esters is 1. The summed E-state index contributed by atoms with van der Waals surface area (Å²) in [6.07, 6.45) is 23.6. The fraction of sp³-hybridized carbons (Fsp3) is 0.967. The minimum absolute atomic E-state index is 0.0130. The Balaban J connectivity index is 4.41. The van der Waals surface area contributed by atoms with Gasteiger partial charge in [0.15, 0.2) is 0 Å². The summed E-state index contributed by atoms with van der Waals surface area (Å²) in [6, 6.07) is 0. The van der Waals surface area contributed by atoms with Crippen molar-refractivity contribution in [3.05, 3.63) is 0 Å². The first-order valence-electron chi connectivity index (χ1n) is 15.6. The third-order valence-corrected chi connectivity index (χ3v) is 8.33. The number of nitrogens with zero attached hydrogens (tertiary/aromatic N) is 1. The minimum Gasteiger partial charge on any atom is -0.466 e. The minimum atomic E-state index is -4.70. The molecule has 0 spiro atoms. The van der Waals surface area contributed by atoms with Crippen LogP contribution in [0.25, 0.3) is 0 Å². The monoisotopic (exact) mass is 564 g/mol. The molecule has 0 rings (SSSR count). The molecule has 0 aliphatic carbocycles. The van der Waals surface area contributed by atoms with Gasteiger partial charge in [0, 0.05) is 25.7 Å². The molecule has 0 saturated carbocycles. The average Bonchev–Trinajstić information content (AvgIpc) is 2.80. The van der Waals surface area contributed by atoms with E-state index in [2.05, 4.69) is 6.92 Å². The Morgan fingerprint density at radius 2 is 1.18 bits per heavy atom. The standard InChI is InChI=1S/C30H62NO6P/c1-7-9-10-11-12-13-14-15-16-17-18-19-20-21-22-23-24-29(27-36-28(3)32)26-30(25-8-2,31(4,5)6)37-38(33,34)35/h29H,7-27H2,1-6H3,(H-,33,34,35)/p+1. The number of rotatable bonds is 26. The summed E-state index contributed by atoms with van der Waals surface area (Å²) >= 11 is 0. The van der Waals surface area contributed by atoms with Crippen LogP contribution in [0.15, 0.2) is 0 Å². The molecule has 0 amide bonds. The van der Waals surface area contributed by atoms with Gasteiger partial charge < -0.3 is 19.0 Å². The summed E-state index contributed by atoms with van der Waals surface area (Å²) in [5, 5.41) is 0. The number of phosphoric acid groups is 1. The van der Waals surface area contributed by atoms with Gasteiger partial charge in [-0.15, -0.1) is 0 Å². The Morgan fingerprint density at radius 1 is 0.763 bits per heavy atom. The van der Waals surface area contributed by atoms with E-state index in [1.807, 2.05) is 28.1 Å². The van der Waals surface area contributed by atoms with Crippen molar-refractivity contribution >= 4 is 13.8 Å². The van der Waals surface area contributed by atoms with E-state index in [1.165, 1.54) is 96.8 Å². The van der Waals surface area contributed by atoms with E-state index in [9.17, 15) is 19.1 Å². The van der Waals surface area contributed by atoms with Gasteiger partial charge >= 0.3 is 13.8 Å². The quantitative estimate of drug-likeness (QED) is 0.0360. The molecule has 0 saturated heterocycles. The maximum Gasteiger partial charge on any atom is 0.474 e. The summed E-state index contributed by atoms with van der Waals surface area (Å²) in [4.78, 5) is 30.9. The van der Waals surface area contributed by atoms with Gasteiger partial charge in [0.1, 0.15) is 0 Å².